The van der Waals surface area contributed by atoms with Crippen molar-refractivity contribution in [2.75, 3.05) is 19.5 Å². The molecule has 0 radical (unpaired) electrons. The molecule has 0 aliphatic carbocycles. The topological polar surface area (TPSA) is 132 Å². The van der Waals surface area contributed by atoms with E-state index in [4.69, 9.17) is 21.1 Å². The summed E-state index contributed by atoms with van der Waals surface area (Å²) >= 11 is 7.32. The van der Waals surface area contributed by atoms with Crippen LogP contribution in [0.25, 0.3) is 11.1 Å². The number of hydrogen-bond donors (Lipinski definition) is 1. The summed E-state index contributed by atoms with van der Waals surface area (Å²) in [5.41, 5.74) is 2.19. The summed E-state index contributed by atoms with van der Waals surface area (Å²) in [5, 5.41) is 3.38. The molecule has 1 aliphatic heterocycles. The Kier molecular flexibility index (Phi) is 7.54. The van der Waals surface area contributed by atoms with E-state index >= 15 is 0 Å². The molecule has 4 aromatic heterocycles. The fourth-order valence-corrected chi connectivity index (χ4v) is 5.23. The molecule has 40 heavy (non-hydrogen) atoms. The molecular weight excluding hydrogens is 568 g/mol. The van der Waals surface area contributed by atoms with Crippen molar-refractivity contribution in [1.29, 1.82) is 0 Å². The molecule has 0 aromatic carbocycles. The normalized spacial score (nSPS) is 12.4. The highest BCUT2D eigenvalue weighted by Crippen LogP contribution is 2.36. The summed E-state index contributed by atoms with van der Waals surface area (Å²) in [5.74, 6) is -1.20. The van der Waals surface area contributed by atoms with Gasteiger partial charge in [0.05, 0.1) is 55.2 Å². The van der Waals surface area contributed by atoms with E-state index in [9.17, 15) is 18.4 Å². The number of methoxy groups -OCH3 is 2. The average molecular weight is 588 g/mol. The molecule has 5 heterocycles. The first-order chi connectivity index (χ1) is 19.2. The average Bonchev–Trinajstić information content (AvgIpc) is 3.50. The first kappa shape index (κ1) is 27.3. The van der Waals surface area contributed by atoms with Crippen LogP contribution in [-0.2, 0) is 13.1 Å². The second kappa shape index (κ2) is 11.1. The molecule has 4 aromatic rings. The number of carbonyl (C=O) groups is 2. The third kappa shape index (κ3) is 5.27. The molecule has 0 fully saturated rings. The highest BCUT2D eigenvalue weighted by molar-refractivity contribution is 7.16. The van der Waals surface area contributed by atoms with Crippen LogP contribution in [0.4, 0.5) is 13.9 Å². The standard InChI is InChI=1S/C25H20ClF2N7O4S/c1-11-4-12(13-5-19(26)30-8-17(13)38-2)14(6-29-11)22(36)34-25-32-16-9-35(10-18(16)40-25)24(37)21-31-7-15(20(27)28)23(33-21)39-3/h4-8,20H,9-10H2,1-3H3,(H,32,34,36). The Balaban J connectivity index is 1.33. The van der Waals surface area contributed by atoms with Gasteiger partial charge in [0.2, 0.25) is 11.7 Å². The third-order valence-electron chi connectivity index (χ3n) is 5.99. The molecule has 1 aliphatic rings. The minimum atomic E-state index is -2.84. The number of amides is 2. The number of alkyl halides is 2. The van der Waals surface area contributed by atoms with Crippen molar-refractivity contribution in [1.82, 2.24) is 29.8 Å². The van der Waals surface area contributed by atoms with E-state index in [0.717, 1.165) is 11.1 Å². The Morgan fingerprint density at radius 1 is 1.05 bits per heavy atom. The lowest BCUT2D eigenvalue weighted by Crippen LogP contribution is -2.27. The number of aromatic nitrogens is 5. The monoisotopic (exact) mass is 587 g/mol. The van der Waals surface area contributed by atoms with Crippen molar-refractivity contribution in [2.24, 2.45) is 0 Å². The van der Waals surface area contributed by atoms with Gasteiger partial charge in [0.25, 0.3) is 18.2 Å². The lowest BCUT2D eigenvalue weighted by atomic mass is 10.0. The van der Waals surface area contributed by atoms with E-state index in [0.29, 0.717) is 33.4 Å². The number of halogens is 3. The highest BCUT2D eigenvalue weighted by Gasteiger charge is 2.31. The molecule has 15 heteroatoms. The number of rotatable bonds is 7. The number of ether oxygens (including phenoxy) is 2. The van der Waals surface area contributed by atoms with Gasteiger partial charge in [0.1, 0.15) is 10.9 Å². The van der Waals surface area contributed by atoms with Crippen LogP contribution < -0.4 is 14.8 Å². The minimum Gasteiger partial charge on any atom is -0.494 e. The zero-order valence-electron chi connectivity index (χ0n) is 21.2. The number of nitrogens with one attached hydrogen (secondary N) is 1. The second-order valence-electron chi connectivity index (χ2n) is 8.54. The van der Waals surface area contributed by atoms with Gasteiger partial charge in [0, 0.05) is 29.2 Å². The van der Waals surface area contributed by atoms with Crippen molar-refractivity contribution in [3.8, 4) is 22.8 Å². The Morgan fingerprint density at radius 3 is 2.55 bits per heavy atom. The third-order valence-corrected chi connectivity index (χ3v) is 7.20. The molecule has 0 unspecified atom stereocenters. The number of hydrogen-bond acceptors (Lipinski definition) is 10. The van der Waals surface area contributed by atoms with Crippen LogP contribution in [-0.4, -0.2) is 55.9 Å². The largest absolute Gasteiger partial charge is 0.494 e. The summed E-state index contributed by atoms with van der Waals surface area (Å²) in [6, 6.07) is 3.36. The summed E-state index contributed by atoms with van der Waals surface area (Å²) in [6.07, 6.45) is 0.975. The van der Waals surface area contributed by atoms with E-state index in [1.807, 2.05) is 0 Å². The zero-order chi connectivity index (χ0) is 28.6. The number of carbonyl (C=O) groups excluding carboxylic acids is 2. The SMILES string of the molecule is COc1cnc(Cl)cc1-c1cc(C)ncc1C(=O)Nc1nc2c(s1)CN(C(=O)c1ncc(C(F)F)c(OC)n1)C2. The van der Waals surface area contributed by atoms with E-state index in [1.54, 1.807) is 19.1 Å². The number of pyridine rings is 2. The van der Waals surface area contributed by atoms with Crippen molar-refractivity contribution < 1.29 is 27.8 Å². The molecule has 1 N–H and O–H groups in total. The quantitative estimate of drug-likeness (QED) is 0.305. The maximum Gasteiger partial charge on any atom is 0.292 e. The summed E-state index contributed by atoms with van der Waals surface area (Å²) in [7, 11) is 2.68. The molecule has 206 valence electrons. The van der Waals surface area contributed by atoms with Crippen LogP contribution >= 0.6 is 22.9 Å². The van der Waals surface area contributed by atoms with E-state index in [-0.39, 0.29) is 35.5 Å². The molecule has 2 amide bonds. The molecule has 0 spiro atoms. The smallest absolute Gasteiger partial charge is 0.292 e. The maximum atomic E-state index is 13.3. The van der Waals surface area contributed by atoms with Gasteiger partial charge in [-0.15, -0.1) is 0 Å². The van der Waals surface area contributed by atoms with E-state index in [1.165, 1.54) is 42.8 Å². The molecule has 0 saturated heterocycles. The van der Waals surface area contributed by atoms with Crippen LogP contribution in [0.1, 0.15) is 49.2 Å². The first-order valence-electron chi connectivity index (χ1n) is 11.6. The van der Waals surface area contributed by atoms with Crippen molar-refractivity contribution in [3.63, 3.8) is 0 Å². The fraction of sp³-hybridized carbons (Fsp3) is 0.240. The van der Waals surface area contributed by atoms with Gasteiger partial charge >= 0.3 is 0 Å². The zero-order valence-corrected chi connectivity index (χ0v) is 22.8. The van der Waals surface area contributed by atoms with E-state index in [2.05, 4.69) is 30.2 Å². The van der Waals surface area contributed by atoms with Gasteiger partial charge in [-0.2, -0.15) is 4.98 Å². The number of thiazole rings is 1. The lowest BCUT2D eigenvalue weighted by molar-refractivity contribution is 0.0735. The summed E-state index contributed by atoms with van der Waals surface area (Å²) in [4.78, 5) is 48.8. The van der Waals surface area contributed by atoms with Crippen molar-refractivity contribution in [2.45, 2.75) is 26.4 Å². The predicted molar refractivity (Wildman–Crippen MR) is 141 cm³/mol. The Labute approximate surface area is 235 Å². The lowest BCUT2D eigenvalue weighted by Gasteiger charge is -2.15. The summed E-state index contributed by atoms with van der Waals surface area (Å²) < 4.78 is 36.5. The number of anilines is 1. The van der Waals surface area contributed by atoms with Crippen molar-refractivity contribution in [3.05, 3.63) is 69.1 Å². The van der Waals surface area contributed by atoms with Crippen molar-refractivity contribution >= 4 is 39.9 Å². The Morgan fingerprint density at radius 2 is 1.85 bits per heavy atom. The molecule has 0 atom stereocenters. The van der Waals surface area contributed by atoms with Gasteiger partial charge in [-0.1, -0.05) is 22.9 Å². The number of aryl methyl sites for hydroxylation is 1. The van der Waals surface area contributed by atoms with Gasteiger partial charge in [0.15, 0.2) is 5.13 Å². The van der Waals surface area contributed by atoms with Crippen LogP contribution in [0.15, 0.2) is 30.7 Å². The molecule has 0 saturated carbocycles. The Hall–Kier alpha value is -4.30. The van der Waals surface area contributed by atoms with E-state index < -0.39 is 23.8 Å². The van der Waals surface area contributed by atoms with Crippen LogP contribution in [0.5, 0.6) is 11.6 Å². The van der Waals surface area contributed by atoms with Crippen LogP contribution in [0, 0.1) is 6.92 Å². The van der Waals surface area contributed by atoms with Crippen LogP contribution in [0.2, 0.25) is 5.15 Å². The second-order valence-corrected chi connectivity index (χ2v) is 10.0. The number of nitrogens with zero attached hydrogens (tertiary/aromatic N) is 6. The molecule has 5 rings (SSSR count). The summed E-state index contributed by atoms with van der Waals surface area (Å²) in [6.45, 7) is 2.12. The Bertz CT molecular complexity index is 1610. The first-order valence-corrected chi connectivity index (χ1v) is 12.8. The molecule has 11 nitrogen and oxygen atoms in total. The minimum absolute atomic E-state index is 0.132. The predicted octanol–water partition coefficient (Wildman–Crippen LogP) is 4.72. The molecule has 0 bridgehead atoms. The molecular formula is C25H20ClF2N7O4S. The number of fused-ring (bicyclic) bond motifs is 1. The maximum absolute atomic E-state index is 13.3. The van der Waals surface area contributed by atoms with Crippen LogP contribution in [0.3, 0.4) is 0 Å². The van der Waals surface area contributed by atoms with Gasteiger partial charge in [-0.3, -0.25) is 19.9 Å². The van der Waals surface area contributed by atoms with Gasteiger partial charge < -0.3 is 14.4 Å². The fourth-order valence-electron chi connectivity index (χ4n) is 4.09. The highest BCUT2D eigenvalue weighted by atomic mass is 35.5. The van der Waals surface area contributed by atoms with Gasteiger partial charge in [-0.05, 0) is 19.1 Å². The van der Waals surface area contributed by atoms with Gasteiger partial charge in [-0.25, -0.2) is 23.7 Å².